The number of nitrogens with one attached hydrogen (secondary N) is 1. The number of hydrogen-bond acceptors (Lipinski definition) is 4. The summed E-state index contributed by atoms with van der Waals surface area (Å²) in [6.45, 7) is 6.79. The zero-order valence-electron chi connectivity index (χ0n) is 13.6. The van der Waals surface area contributed by atoms with Crippen molar-refractivity contribution < 1.29 is 18.0 Å². The molecule has 0 atom stereocenters. The van der Waals surface area contributed by atoms with E-state index in [1.165, 1.54) is 10.5 Å². The average molecular weight is 360 g/mol. The summed E-state index contributed by atoms with van der Waals surface area (Å²) in [5.41, 5.74) is -0.359. The molecule has 24 heavy (non-hydrogen) atoms. The monoisotopic (exact) mass is 360 g/mol. The van der Waals surface area contributed by atoms with Crippen LogP contribution in [0.5, 0.6) is 0 Å². The molecule has 132 valence electrons. The molecule has 5 nitrogen and oxygen atoms in total. The van der Waals surface area contributed by atoms with Gasteiger partial charge in [-0.3, -0.25) is 9.20 Å². The predicted molar refractivity (Wildman–Crippen MR) is 85.8 cm³/mol. The first-order valence-electron chi connectivity index (χ1n) is 7.38. The fraction of sp³-hybridized carbons (Fsp3) is 0.533. The highest BCUT2D eigenvalue weighted by Gasteiger charge is 2.31. The van der Waals surface area contributed by atoms with Gasteiger partial charge in [0.15, 0.2) is 10.8 Å². The predicted octanol–water partition coefficient (Wildman–Crippen LogP) is 3.39. The highest BCUT2D eigenvalue weighted by atomic mass is 32.2. The summed E-state index contributed by atoms with van der Waals surface area (Å²) in [6.07, 6.45) is -2.66. The summed E-state index contributed by atoms with van der Waals surface area (Å²) in [6, 6.07) is 2.21. The lowest BCUT2D eigenvalue weighted by Gasteiger charge is -2.17. The number of aromatic nitrogens is 3. The van der Waals surface area contributed by atoms with Gasteiger partial charge >= 0.3 is 6.18 Å². The van der Waals surface area contributed by atoms with Crippen LogP contribution in [0.4, 0.5) is 13.2 Å². The first-order valence-corrected chi connectivity index (χ1v) is 8.36. The first-order chi connectivity index (χ1) is 11.1. The summed E-state index contributed by atoms with van der Waals surface area (Å²) < 4.78 is 39.6. The molecule has 2 aromatic heterocycles. The van der Waals surface area contributed by atoms with E-state index >= 15 is 0 Å². The van der Waals surface area contributed by atoms with Crippen LogP contribution >= 0.6 is 11.8 Å². The molecule has 0 aliphatic carbocycles. The highest BCUT2D eigenvalue weighted by molar-refractivity contribution is 7.99. The van der Waals surface area contributed by atoms with Crippen LogP contribution in [0.1, 0.15) is 32.8 Å². The molecule has 2 rings (SSSR count). The molecule has 2 heterocycles. The molecule has 0 radical (unpaired) electrons. The number of amides is 1. The van der Waals surface area contributed by atoms with Crippen molar-refractivity contribution in [3.63, 3.8) is 0 Å². The van der Waals surface area contributed by atoms with Crippen molar-refractivity contribution in [1.82, 2.24) is 19.9 Å². The number of carbonyl (C=O) groups excluding carboxylic acids is 1. The first kappa shape index (κ1) is 18.6. The second kappa shape index (κ2) is 7.00. The van der Waals surface area contributed by atoms with Crippen molar-refractivity contribution in [2.45, 2.75) is 38.5 Å². The van der Waals surface area contributed by atoms with E-state index in [2.05, 4.69) is 36.3 Å². The van der Waals surface area contributed by atoms with Gasteiger partial charge in [0, 0.05) is 12.7 Å². The summed E-state index contributed by atoms with van der Waals surface area (Å²) >= 11 is 1.05. The fourth-order valence-corrected chi connectivity index (χ4v) is 2.64. The maximum atomic E-state index is 12.8. The standard InChI is InChI=1S/C15H19F3N4OS/c1-14(2,3)6-7-19-12(23)9-24-13-21-20-11-5-4-10(8-22(11)13)15(16,17)18/h4-5,8H,6-7,9H2,1-3H3,(H,19,23). The Kier molecular flexibility index (Phi) is 5.42. The Balaban J connectivity index is 1.99. The van der Waals surface area contributed by atoms with Gasteiger partial charge in [-0.2, -0.15) is 13.2 Å². The summed E-state index contributed by atoms with van der Waals surface area (Å²) in [7, 11) is 0. The molecule has 0 saturated carbocycles. The fourth-order valence-electron chi connectivity index (χ4n) is 1.89. The van der Waals surface area contributed by atoms with Gasteiger partial charge in [0.05, 0.1) is 11.3 Å². The van der Waals surface area contributed by atoms with Crippen molar-refractivity contribution in [3.05, 3.63) is 23.9 Å². The molecular weight excluding hydrogens is 341 g/mol. The zero-order chi connectivity index (χ0) is 18.0. The topological polar surface area (TPSA) is 59.3 Å². The number of fused-ring (bicyclic) bond motifs is 1. The van der Waals surface area contributed by atoms with Crippen molar-refractivity contribution in [1.29, 1.82) is 0 Å². The molecule has 9 heteroatoms. The molecule has 0 unspecified atom stereocenters. The molecule has 0 spiro atoms. The van der Waals surface area contributed by atoms with Gasteiger partial charge < -0.3 is 5.32 Å². The van der Waals surface area contributed by atoms with E-state index in [4.69, 9.17) is 0 Å². The van der Waals surface area contributed by atoms with Gasteiger partial charge in [-0.25, -0.2) is 0 Å². The normalized spacial score (nSPS) is 12.6. The minimum atomic E-state index is -4.44. The minimum absolute atomic E-state index is 0.0706. The Morgan fingerprint density at radius 2 is 1.96 bits per heavy atom. The lowest BCUT2D eigenvalue weighted by molar-refractivity contribution is -0.137. The second-order valence-electron chi connectivity index (χ2n) is 6.58. The third-order valence-electron chi connectivity index (χ3n) is 3.23. The van der Waals surface area contributed by atoms with Crippen molar-refractivity contribution in [3.8, 4) is 0 Å². The highest BCUT2D eigenvalue weighted by Crippen LogP contribution is 2.30. The largest absolute Gasteiger partial charge is 0.417 e. The van der Waals surface area contributed by atoms with Crippen LogP contribution in [0.3, 0.4) is 0 Å². The van der Waals surface area contributed by atoms with Crippen molar-refractivity contribution in [2.24, 2.45) is 5.41 Å². The molecule has 1 amide bonds. The van der Waals surface area contributed by atoms with Crippen molar-refractivity contribution in [2.75, 3.05) is 12.3 Å². The third kappa shape index (κ3) is 5.12. The smallest absolute Gasteiger partial charge is 0.355 e. The number of halogens is 3. The third-order valence-corrected chi connectivity index (χ3v) is 4.17. The Morgan fingerprint density at radius 3 is 2.58 bits per heavy atom. The van der Waals surface area contributed by atoms with E-state index in [0.29, 0.717) is 12.2 Å². The molecule has 0 saturated heterocycles. The van der Waals surface area contributed by atoms with E-state index in [1.54, 1.807) is 0 Å². The molecular formula is C15H19F3N4OS. The molecule has 0 bridgehead atoms. The van der Waals surface area contributed by atoms with Crippen LogP contribution in [-0.4, -0.2) is 32.8 Å². The van der Waals surface area contributed by atoms with E-state index < -0.39 is 11.7 Å². The Morgan fingerprint density at radius 1 is 1.25 bits per heavy atom. The van der Waals surface area contributed by atoms with Gasteiger partial charge in [-0.1, -0.05) is 32.5 Å². The van der Waals surface area contributed by atoms with Gasteiger partial charge in [0.1, 0.15) is 0 Å². The molecule has 0 aromatic carbocycles. The molecule has 0 aliphatic heterocycles. The summed E-state index contributed by atoms with van der Waals surface area (Å²) in [5.74, 6) is -0.116. The molecule has 2 aromatic rings. The van der Waals surface area contributed by atoms with Gasteiger partial charge in [-0.15, -0.1) is 10.2 Å². The van der Waals surface area contributed by atoms with Crippen LogP contribution in [0.25, 0.3) is 5.65 Å². The maximum Gasteiger partial charge on any atom is 0.417 e. The number of pyridine rings is 1. The van der Waals surface area contributed by atoms with Crippen LogP contribution in [0.2, 0.25) is 0 Å². The molecule has 0 aliphatic rings. The van der Waals surface area contributed by atoms with E-state index in [-0.39, 0.29) is 22.2 Å². The summed E-state index contributed by atoms with van der Waals surface area (Å²) in [4.78, 5) is 11.8. The lowest BCUT2D eigenvalue weighted by Crippen LogP contribution is -2.28. The minimum Gasteiger partial charge on any atom is -0.355 e. The summed E-state index contributed by atoms with van der Waals surface area (Å²) in [5, 5.41) is 10.7. The van der Waals surface area contributed by atoms with Crippen LogP contribution in [-0.2, 0) is 11.0 Å². The van der Waals surface area contributed by atoms with E-state index in [1.807, 2.05) is 0 Å². The lowest BCUT2D eigenvalue weighted by atomic mass is 9.92. The quantitative estimate of drug-likeness (QED) is 0.831. The number of rotatable bonds is 5. The van der Waals surface area contributed by atoms with Gasteiger partial charge in [-0.05, 0) is 24.0 Å². The maximum absolute atomic E-state index is 12.8. The van der Waals surface area contributed by atoms with E-state index in [0.717, 1.165) is 30.4 Å². The van der Waals surface area contributed by atoms with Crippen LogP contribution in [0, 0.1) is 5.41 Å². The SMILES string of the molecule is CC(C)(C)CCNC(=O)CSc1nnc2ccc(C(F)(F)F)cn12. The second-order valence-corrected chi connectivity index (χ2v) is 7.52. The number of nitrogens with zero attached hydrogens (tertiary/aromatic N) is 3. The Bertz CT molecular complexity index is 722. The van der Waals surface area contributed by atoms with Gasteiger partial charge in [0.2, 0.25) is 5.91 Å². The Hall–Kier alpha value is -1.77. The van der Waals surface area contributed by atoms with Crippen molar-refractivity contribution >= 4 is 23.3 Å². The zero-order valence-corrected chi connectivity index (χ0v) is 14.5. The molecule has 0 fully saturated rings. The average Bonchev–Trinajstić information content (AvgIpc) is 2.85. The van der Waals surface area contributed by atoms with E-state index in [9.17, 15) is 18.0 Å². The number of hydrogen-bond donors (Lipinski definition) is 1. The Labute approximate surface area is 142 Å². The number of alkyl halides is 3. The van der Waals surface area contributed by atoms with Crippen LogP contribution < -0.4 is 5.32 Å². The number of thioether (sulfide) groups is 1. The van der Waals surface area contributed by atoms with Crippen LogP contribution in [0.15, 0.2) is 23.5 Å². The van der Waals surface area contributed by atoms with Gasteiger partial charge in [0.25, 0.3) is 0 Å². The number of carbonyl (C=O) groups is 1. The molecule has 1 N–H and O–H groups in total.